The molecule has 0 saturated carbocycles. The van der Waals surface area contributed by atoms with Crippen molar-refractivity contribution in [3.8, 4) is 0 Å². The van der Waals surface area contributed by atoms with Crippen molar-refractivity contribution in [1.82, 2.24) is 0 Å². The van der Waals surface area contributed by atoms with Gasteiger partial charge in [0.05, 0.1) is 0 Å². The molecule has 0 heterocycles. The van der Waals surface area contributed by atoms with Gasteiger partial charge < -0.3 is 8.85 Å². The van der Waals surface area contributed by atoms with E-state index in [0.29, 0.717) is 22.3 Å². The first-order valence-electron chi connectivity index (χ1n) is 11.5. The van der Waals surface area contributed by atoms with Gasteiger partial charge in [0.15, 0.2) is 16.6 Å². The van der Waals surface area contributed by atoms with Crippen LogP contribution in [0.4, 0.5) is 0 Å². The van der Waals surface area contributed by atoms with Crippen molar-refractivity contribution >= 4 is 16.6 Å². The fourth-order valence-electron chi connectivity index (χ4n) is 2.76. The maximum Gasteiger partial charge on any atom is 0.192 e. The van der Waals surface area contributed by atoms with Gasteiger partial charge in [-0.1, -0.05) is 53.7 Å². The third kappa shape index (κ3) is 10.8. The van der Waals surface area contributed by atoms with E-state index >= 15 is 0 Å². The number of allylic oxidation sites excluding steroid dienone is 2. The number of unbranched alkanes of at least 4 members (excludes halogenated alkanes) is 2. The summed E-state index contributed by atoms with van der Waals surface area (Å²) in [6.07, 6.45) is 12.6. The van der Waals surface area contributed by atoms with Crippen LogP contribution in [0.15, 0.2) is 12.2 Å². The average Bonchev–Trinajstić information content (AvgIpc) is 2.46. The molecule has 0 spiro atoms. The molecule has 0 N–H and O–H groups in total. The number of rotatable bonds is 12. The van der Waals surface area contributed by atoms with Gasteiger partial charge in [-0.25, -0.2) is 0 Å². The number of hydrogen-bond acceptors (Lipinski definition) is 2. The van der Waals surface area contributed by atoms with E-state index in [2.05, 4.69) is 93.7 Å². The normalized spacial score (nSPS) is 16.6. The Morgan fingerprint density at radius 3 is 1.18 bits per heavy atom. The molecule has 0 aromatic rings. The van der Waals surface area contributed by atoms with Gasteiger partial charge in [-0.3, -0.25) is 0 Å². The van der Waals surface area contributed by atoms with Crippen LogP contribution in [0.5, 0.6) is 0 Å². The quantitative estimate of drug-likeness (QED) is 0.176. The highest BCUT2D eigenvalue weighted by Gasteiger charge is 2.39. The summed E-state index contributed by atoms with van der Waals surface area (Å²) in [7, 11) is -3.24. The summed E-state index contributed by atoms with van der Waals surface area (Å²) in [4.78, 5) is 0. The van der Waals surface area contributed by atoms with Gasteiger partial charge in [0.2, 0.25) is 0 Å². The van der Waals surface area contributed by atoms with Crippen LogP contribution in [0.1, 0.15) is 93.9 Å². The molecule has 0 radical (unpaired) electrons. The molecule has 0 amide bonds. The molecule has 0 aliphatic carbocycles. The molecule has 0 aliphatic heterocycles. The first-order chi connectivity index (χ1) is 12.5. The molecular formula is C24H52O2Si2. The van der Waals surface area contributed by atoms with Crippen LogP contribution in [0.2, 0.25) is 36.3 Å². The first-order valence-corrected chi connectivity index (χ1v) is 17.3. The molecule has 0 rings (SSSR count). The minimum Gasteiger partial charge on any atom is -0.414 e. The third-order valence-electron chi connectivity index (χ3n) is 6.73. The molecule has 4 heteroatoms. The monoisotopic (exact) mass is 428 g/mol. The second kappa shape index (κ2) is 11.5. The van der Waals surface area contributed by atoms with Crippen LogP contribution in [0, 0.1) is 0 Å². The Morgan fingerprint density at radius 2 is 0.929 bits per heavy atom. The zero-order valence-electron chi connectivity index (χ0n) is 21.4. The third-order valence-corrected chi connectivity index (χ3v) is 15.9. The van der Waals surface area contributed by atoms with Crippen LogP contribution in [-0.2, 0) is 8.85 Å². The predicted octanol–water partition coefficient (Wildman–Crippen LogP) is 8.70. The lowest BCUT2D eigenvalue weighted by molar-refractivity contribution is 0.186. The van der Waals surface area contributed by atoms with Gasteiger partial charge in [0.25, 0.3) is 0 Å². The smallest absolute Gasteiger partial charge is 0.192 e. The largest absolute Gasteiger partial charge is 0.414 e. The van der Waals surface area contributed by atoms with Gasteiger partial charge >= 0.3 is 0 Å². The molecule has 0 aromatic carbocycles. The molecule has 28 heavy (non-hydrogen) atoms. The zero-order valence-corrected chi connectivity index (χ0v) is 23.4. The molecular weight excluding hydrogens is 376 g/mol. The van der Waals surface area contributed by atoms with Crippen molar-refractivity contribution in [3.05, 3.63) is 12.2 Å². The van der Waals surface area contributed by atoms with Crippen molar-refractivity contribution in [1.29, 1.82) is 0 Å². The molecule has 2 nitrogen and oxygen atoms in total. The van der Waals surface area contributed by atoms with Gasteiger partial charge in [0, 0.05) is 12.2 Å². The Bertz CT molecular complexity index is 414. The average molecular weight is 429 g/mol. The maximum absolute atomic E-state index is 6.44. The molecule has 0 unspecified atom stereocenters. The standard InChI is InChI=1S/C24H52O2Si2/c1-21(25-27(9,10)23(3,4)5)19-17-15-13-14-16-18-20-22(2)26-28(11,12)24(6,7)8/h13-14,21-22H,15-20H2,1-12H3/b14-13+/t21-,22-/m0/s1. The van der Waals surface area contributed by atoms with E-state index in [0.717, 1.165) is 12.8 Å². The van der Waals surface area contributed by atoms with Crippen molar-refractivity contribution in [2.24, 2.45) is 0 Å². The lowest BCUT2D eigenvalue weighted by atomic mass is 10.1. The van der Waals surface area contributed by atoms with E-state index in [4.69, 9.17) is 8.85 Å². The molecule has 2 atom stereocenters. The molecule has 0 bridgehead atoms. The van der Waals surface area contributed by atoms with E-state index in [9.17, 15) is 0 Å². The molecule has 0 aromatic heterocycles. The Balaban J connectivity index is 3.95. The van der Waals surface area contributed by atoms with E-state index < -0.39 is 16.6 Å². The summed E-state index contributed by atoms with van der Waals surface area (Å²) in [5.41, 5.74) is 0. The summed E-state index contributed by atoms with van der Waals surface area (Å²) in [5, 5.41) is 0.596. The molecule has 0 fully saturated rings. The van der Waals surface area contributed by atoms with Crippen molar-refractivity contribution in [3.63, 3.8) is 0 Å². The molecule has 168 valence electrons. The van der Waals surface area contributed by atoms with Crippen molar-refractivity contribution in [2.45, 2.75) is 142 Å². The summed E-state index contributed by atoms with van der Waals surface area (Å²) in [6.45, 7) is 27.7. The van der Waals surface area contributed by atoms with Crippen LogP contribution in [0.25, 0.3) is 0 Å². The van der Waals surface area contributed by atoms with Gasteiger partial charge in [-0.05, 0) is 88.6 Å². The van der Waals surface area contributed by atoms with E-state index in [1.54, 1.807) is 0 Å². The highest BCUT2D eigenvalue weighted by Crippen LogP contribution is 2.38. The maximum atomic E-state index is 6.44. The van der Waals surface area contributed by atoms with Crippen LogP contribution in [-0.4, -0.2) is 28.8 Å². The summed E-state index contributed by atoms with van der Waals surface area (Å²) in [6, 6.07) is 0. The summed E-state index contributed by atoms with van der Waals surface area (Å²) >= 11 is 0. The van der Waals surface area contributed by atoms with Crippen LogP contribution in [0.3, 0.4) is 0 Å². The first kappa shape index (κ1) is 28.1. The topological polar surface area (TPSA) is 18.5 Å². The summed E-state index contributed by atoms with van der Waals surface area (Å²) < 4.78 is 12.9. The SMILES string of the molecule is C[C@@H](CCC/C=C/CCC[C@H](C)O[Si](C)(C)C(C)(C)C)O[Si](C)(C)C(C)(C)C. The Morgan fingerprint density at radius 1 is 0.643 bits per heavy atom. The van der Waals surface area contributed by atoms with Crippen LogP contribution >= 0.6 is 0 Å². The zero-order chi connectivity index (χ0) is 22.2. The second-order valence-corrected chi connectivity index (χ2v) is 21.2. The van der Waals surface area contributed by atoms with E-state index in [-0.39, 0.29) is 0 Å². The van der Waals surface area contributed by atoms with Crippen molar-refractivity contribution < 1.29 is 8.85 Å². The Kier molecular flexibility index (Phi) is 11.5. The molecule has 0 aliphatic rings. The highest BCUT2D eigenvalue weighted by atomic mass is 28.4. The number of hydrogen-bond donors (Lipinski definition) is 0. The van der Waals surface area contributed by atoms with E-state index in [1.165, 1.54) is 25.7 Å². The lowest BCUT2D eigenvalue weighted by Crippen LogP contribution is -2.43. The summed E-state index contributed by atoms with van der Waals surface area (Å²) in [5.74, 6) is 0. The van der Waals surface area contributed by atoms with Gasteiger partial charge in [-0.15, -0.1) is 0 Å². The Labute approximate surface area is 180 Å². The predicted molar refractivity (Wildman–Crippen MR) is 132 cm³/mol. The second-order valence-electron chi connectivity index (χ2n) is 11.7. The fourth-order valence-corrected chi connectivity index (χ4v) is 5.71. The molecule has 0 saturated heterocycles. The van der Waals surface area contributed by atoms with Gasteiger partial charge in [-0.2, -0.15) is 0 Å². The van der Waals surface area contributed by atoms with Crippen molar-refractivity contribution in [2.75, 3.05) is 0 Å². The fraction of sp³-hybridized carbons (Fsp3) is 0.917. The minimum atomic E-state index is -1.62. The minimum absolute atomic E-state index is 0.298. The van der Waals surface area contributed by atoms with Gasteiger partial charge in [0.1, 0.15) is 0 Å². The lowest BCUT2D eigenvalue weighted by Gasteiger charge is -2.38. The highest BCUT2D eigenvalue weighted by molar-refractivity contribution is 6.74. The Hall–Kier alpha value is 0.0938. The van der Waals surface area contributed by atoms with Crippen LogP contribution < -0.4 is 0 Å². The van der Waals surface area contributed by atoms with E-state index in [1.807, 2.05) is 0 Å².